The molecule has 0 aliphatic heterocycles. The molecule has 4 aromatic rings. The van der Waals surface area contributed by atoms with E-state index in [0.717, 1.165) is 18.4 Å². The highest BCUT2D eigenvalue weighted by Crippen LogP contribution is 2.35. The lowest BCUT2D eigenvalue weighted by atomic mass is 10.2. The fourth-order valence-corrected chi connectivity index (χ4v) is 4.92. The molecule has 0 N–H and O–H groups in total. The van der Waals surface area contributed by atoms with Gasteiger partial charge in [0.2, 0.25) is 10.9 Å². The van der Waals surface area contributed by atoms with Crippen molar-refractivity contribution in [3.63, 3.8) is 0 Å². The maximum atomic E-state index is 13.9. The molecule has 158 valence electrons. The highest BCUT2D eigenvalue weighted by atomic mass is 32.2. The van der Waals surface area contributed by atoms with Gasteiger partial charge in [0.1, 0.15) is 0 Å². The van der Waals surface area contributed by atoms with E-state index in [9.17, 15) is 8.42 Å². The first-order valence-corrected chi connectivity index (χ1v) is 11.7. The van der Waals surface area contributed by atoms with Crippen molar-refractivity contribution >= 4 is 15.7 Å². The number of oxazole rings is 1. The highest BCUT2D eigenvalue weighted by Gasteiger charge is 2.33. The van der Waals surface area contributed by atoms with Crippen LogP contribution < -0.4 is 4.31 Å². The normalized spacial score (nSPS) is 11.4. The molecule has 0 bridgehead atoms. The van der Waals surface area contributed by atoms with E-state index in [1.165, 1.54) is 4.31 Å². The van der Waals surface area contributed by atoms with Crippen molar-refractivity contribution in [2.45, 2.75) is 24.8 Å². The lowest BCUT2D eigenvalue weighted by molar-refractivity contribution is 0.576. The summed E-state index contributed by atoms with van der Waals surface area (Å²) in [4.78, 5) is 4.49. The van der Waals surface area contributed by atoms with Crippen molar-refractivity contribution in [1.29, 1.82) is 0 Å². The minimum Gasteiger partial charge on any atom is -0.435 e. The molecular weight excluding hydrogens is 408 g/mol. The molecule has 5 nitrogen and oxygen atoms in total. The molecule has 0 spiro atoms. The Morgan fingerprint density at radius 3 is 1.94 bits per heavy atom. The number of rotatable bonds is 8. The third kappa shape index (κ3) is 4.39. The van der Waals surface area contributed by atoms with Gasteiger partial charge < -0.3 is 4.42 Å². The average Bonchev–Trinajstić information content (AvgIpc) is 3.28. The zero-order valence-electron chi connectivity index (χ0n) is 17.3. The van der Waals surface area contributed by atoms with Gasteiger partial charge in [-0.3, -0.25) is 4.31 Å². The van der Waals surface area contributed by atoms with Crippen molar-refractivity contribution in [2.24, 2.45) is 0 Å². The van der Waals surface area contributed by atoms with Crippen molar-refractivity contribution in [3.05, 3.63) is 91.0 Å². The number of aromatic nitrogens is 1. The molecule has 1 aromatic heterocycles. The minimum absolute atomic E-state index is 0.0718. The fraction of sp³-hybridized carbons (Fsp3) is 0.160. The Bertz CT molecular complexity index is 1220. The Morgan fingerprint density at radius 2 is 1.35 bits per heavy atom. The van der Waals surface area contributed by atoms with Crippen LogP contribution in [0.25, 0.3) is 22.8 Å². The first-order chi connectivity index (χ1) is 15.1. The number of hydrogen-bond acceptors (Lipinski definition) is 4. The Hall–Kier alpha value is -3.38. The SMILES string of the molecule is CCCCN(c1ccccc1)S(=O)(=O)c1nc(-c2ccccc2)oc1-c1ccccc1. The molecular formula is C25H24N2O3S. The molecule has 3 aromatic carbocycles. The van der Waals surface area contributed by atoms with Crippen molar-refractivity contribution < 1.29 is 12.8 Å². The topological polar surface area (TPSA) is 63.4 Å². The van der Waals surface area contributed by atoms with Crippen LogP contribution in [0.4, 0.5) is 5.69 Å². The van der Waals surface area contributed by atoms with Gasteiger partial charge in [-0.25, -0.2) is 0 Å². The lowest BCUT2D eigenvalue weighted by Crippen LogP contribution is -2.32. The number of hydrogen-bond donors (Lipinski definition) is 0. The first-order valence-electron chi connectivity index (χ1n) is 10.3. The van der Waals surface area contributed by atoms with E-state index in [1.807, 2.05) is 85.8 Å². The molecule has 6 heteroatoms. The molecule has 0 amide bonds. The third-order valence-electron chi connectivity index (χ3n) is 4.95. The number of sulfonamides is 1. The predicted molar refractivity (Wildman–Crippen MR) is 123 cm³/mol. The molecule has 0 radical (unpaired) electrons. The van der Waals surface area contributed by atoms with Crippen LogP contribution >= 0.6 is 0 Å². The largest absolute Gasteiger partial charge is 0.435 e. The Morgan fingerprint density at radius 1 is 0.806 bits per heavy atom. The van der Waals surface area contributed by atoms with E-state index in [-0.39, 0.29) is 16.7 Å². The molecule has 0 saturated carbocycles. The van der Waals surface area contributed by atoms with Crippen LogP contribution in [0.5, 0.6) is 0 Å². The van der Waals surface area contributed by atoms with Crippen LogP contribution in [0, 0.1) is 0 Å². The van der Waals surface area contributed by atoms with E-state index in [0.29, 0.717) is 17.8 Å². The molecule has 1 heterocycles. The minimum atomic E-state index is -3.96. The van der Waals surface area contributed by atoms with Gasteiger partial charge in [-0.1, -0.05) is 80.1 Å². The molecule has 0 fully saturated rings. The molecule has 0 saturated heterocycles. The zero-order chi connectivity index (χ0) is 21.7. The Labute approximate surface area is 183 Å². The molecule has 0 unspecified atom stereocenters. The predicted octanol–water partition coefficient (Wildman–Crippen LogP) is 6.00. The summed E-state index contributed by atoms with van der Waals surface area (Å²) in [6.07, 6.45) is 1.61. The number of para-hydroxylation sites is 1. The second-order valence-corrected chi connectivity index (χ2v) is 8.93. The summed E-state index contributed by atoms with van der Waals surface area (Å²) in [5, 5.41) is -0.0718. The molecule has 4 rings (SSSR count). The van der Waals surface area contributed by atoms with E-state index in [4.69, 9.17) is 4.42 Å². The monoisotopic (exact) mass is 432 g/mol. The standard InChI is InChI=1S/C25H24N2O3S/c1-2-3-19-27(22-17-11-6-12-18-22)31(28,29)25-23(20-13-7-4-8-14-20)30-24(26-25)21-15-9-5-10-16-21/h4-18H,2-3,19H2,1H3. The van der Waals surface area contributed by atoms with Crippen LogP contribution in [-0.2, 0) is 10.0 Å². The molecule has 31 heavy (non-hydrogen) atoms. The smallest absolute Gasteiger partial charge is 0.285 e. The summed E-state index contributed by atoms with van der Waals surface area (Å²) in [6, 6.07) is 27.7. The first kappa shape index (κ1) is 20.9. The van der Waals surface area contributed by atoms with Gasteiger partial charge in [0, 0.05) is 17.7 Å². The van der Waals surface area contributed by atoms with Gasteiger partial charge in [-0.05, 0) is 30.7 Å². The van der Waals surface area contributed by atoms with Crippen molar-refractivity contribution in [1.82, 2.24) is 4.98 Å². The van der Waals surface area contributed by atoms with Crippen LogP contribution in [0.2, 0.25) is 0 Å². The van der Waals surface area contributed by atoms with Crippen molar-refractivity contribution in [3.8, 4) is 22.8 Å². The van der Waals surface area contributed by atoms with Gasteiger partial charge in [0.05, 0.1) is 5.69 Å². The highest BCUT2D eigenvalue weighted by molar-refractivity contribution is 7.92. The number of unbranched alkanes of at least 4 members (excludes halogenated alkanes) is 1. The van der Waals surface area contributed by atoms with E-state index >= 15 is 0 Å². The van der Waals surface area contributed by atoms with Crippen molar-refractivity contribution in [2.75, 3.05) is 10.8 Å². The Kier molecular flexibility index (Phi) is 6.18. The van der Waals surface area contributed by atoms with E-state index in [2.05, 4.69) is 4.98 Å². The molecule has 0 aliphatic rings. The summed E-state index contributed by atoms with van der Waals surface area (Å²) in [7, 11) is -3.96. The quantitative estimate of drug-likeness (QED) is 0.342. The van der Waals surface area contributed by atoms with Crippen LogP contribution in [0.1, 0.15) is 19.8 Å². The second-order valence-electron chi connectivity index (χ2n) is 7.15. The van der Waals surface area contributed by atoms with Gasteiger partial charge in [0.25, 0.3) is 10.0 Å². The van der Waals surface area contributed by atoms with Gasteiger partial charge in [-0.2, -0.15) is 13.4 Å². The maximum absolute atomic E-state index is 13.9. The van der Waals surface area contributed by atoms with Gasteiger partial charge in [0.15, 0.2) is 5.76 Å². The summed E-state index contributed by atoms with van der Waals surface area (Å²) in [5.74, 6) is 0.526. The number of nitrogens with zero attached hydrogens (tertiary/aromatic N) is 2. The average molecular weight is 433 g/mol. The molecule has 0 atom stereocenters. The van der Waals surface area contributed by atoms with E-state index in [1.54, 1.807) is 12.1 Å². The van der Waals surface area contributed by atoms with Crippen LogP contribution in [-0.4, -0.2) is 19.9 Å². The fourth-order valence-electron chi connectivity index (χ4n) is 3.35. The second kappa shape index (κ2) is 9.18. The van der Waals surface area contributed by atoms with Gasteiger partial charge >= 0.3 is 0 Å². The summed E-state index contributed by atoms with van der Waals surface area (Å²) in [5.41, 5.74) is 2.00. The number of anilines is 1. The molecule has 0 aliphatic carbocycles. The Balaban J connectivity index is 1.89. The van der Waals surface area contributed by atoms with E-state index < -0.39 is 10.0 Å². The third-order valence-corrected chi connectivity index (χ3v) is 6.69. The van der Waals surface area contributed by atoms with Crippen LogP contribution in [0.3, 0.4) is 0 Å². The lowest BCUT2D eigenvalue weighted by Gasteiger charge is -2.23. The zero-order valence-corrected chi connectivity index (χ0v) is 18.1. The number of benzene rings is 3. The van der Waals surface area contributed by atoms with Gasteiger partial charge in [-0.15, -0.1) is 0 Å². The van der Waals surface area contributed by atoms with Crippen LogP contribution in [0.15, 0.2) is 100 Å². The maximum Gasteiger partial charge on any atom is 0.285 e. The summed E-state index contributed by atoms with van der Waals surface area (Å²) in [6.45, 7) is 2.40. The summed E-state index contributed by atoms with van der Waals surface area (Å²) < 4.78 is 35.2. The summed E-state index contributed by atoms with van der Waals surface area (Å²) >= 11 is 0.